The van der Waals surface area contributed by atoms with Crippen LogP contribution in [-0.2, 0) is 16.1 Å². The number of carbonyl (C=O) groups is 2. The van der Waals surface area contributed by atoms with Crippen molar-refractivity contribution in [3.8, 4) is 0 Å². The predicted molar refractivity (Wildman–Crippen MR) is 106 cm³/mol. The standard InChI is InChI=1S/C20H34N4O4/c1-5-9-27-18-10-14(7-8-16(18)23-20(26)21-6-2)19(25)22-12-15-11-17(13(3)4)28-24-15/h11,13-14,16,18H,5-10,12H2,1-4H3,(H,22,25)(H2,21,23,26)/t14-,16+,18+/m0/s1. The summed E-state index contributed by atoms with van der Waals surface area (Å²) in [5, 5.41) is 12.7. The van der Waals surface area contributed by atoms with Crippen LogP contribution in [0.4, 0.5) is 4.79 Å². The molecule has 158 valence electrons. The molecule has 3 amide bonds. The lowest BCUT2D eigenvalue weighted by molar-refractivity contribution is -0.128. The van der Waals surface area contributed by atoms with Gasteiger partial charge in [-0.2, -0.15) is 0 Å². The van der Waals surface area contributed by atoms with E-state index >= 15 is 0 Å². The first-order valence-corrected chi connectivity index (χ1v) is 10.3. The maximum Gasteiger partial charge on any atom is 0.315 e. The minimum Gasteiger partial charge on any atom is -0.376 e. The van der Waals surface area contributed by atoms with Crippen LogP contribution >= 0.6 is 0 Å². The van der Waals surface area contributed by atoms with Crippen molar-refractivity contribution in [3.05, 3.63) is 17.5 Å². The van der Waals surface area contributed by atoms with Gasteiger partial charge in [-0.15, -0.1) is 0 Å². The molecule has 0 aromatic carbocycles. The molecule has 1 aromatic rings. The quantitative estimate of drug-likeness (QED) is 0.597. The summed E-state index contributed by atoms with van der Waals surface area (Å²) in [5.41, 5.74) is 0.724. The summed E-state index contributed by atoms with van der Waals surface area (Å²) in [6, 6.07) is 1.62. The number of urea groups is 1. The summed E-state index contributed by atoms with van der Waals surface area (Å²) >= 11 is 0. The van der Waals surface area contributed by atoms with E-state index in [0.717, 1.165) is 17.9 Å². The molecule has 0 radical (unpaired) electrons. The summed E-state index contributed by atoms with van der Waals surface area (Å²) < 4.78 is 11.2. The van der Waals surface area contributed by atoms with E-state index in [2.05, 4.69) is 21.1 Å². The van der Waals surface area contributed by atoms with Crippen LogP contribution in [-0.4, -0.2) is 42.4 Å². The molecular formula is C20H34N4O4. The number of amides is 3. The zero-order valence-corrected chi connectivity index (χ0v) is 17.4. The highest BCUT2D eigenvalue weighted by Gasteiger charge is 2.35. The Balaban J connectivity index is 1.88. The second kappa shape index (κ2) is 11.0. The molecular weight excluding hydrogens is 360 g/mol. The highest BCUT2D eigenvalue weighted by atomic mass is 16.5. The minimum atomic E-state index is -0.188. The van der Waals surface area contributed by atoms with Gasteiger partial charge in [0.15, 0.2) is 0 Å². The number of rotatable bonds is 9. The fourth-order valence-electron chi connectivity index (χ4n) is 3.37. The normalized spacial score (nSPS) is 22.1. The lowest BCUT2D eigenvalue weighted by Gasteiger charge is -2.35. The molecule has 8 heteroatoms. The van der Waals surface area contributed by atoms with Crippen molar-refractivity contribution in [2.75, 3.05) is 13.2 Å². The Kier molecular flexibility index (Phi) is 8.76. The average molecular weight is 395 g/mol. The van der Waals surface area contributed by atoms with E-state index in [9.17, 15) is 9.59 Å². The number of nitrogens with one attached hydrogen (secondary N) is 3. The summed E-state index contributed by atoms with van der Waals surface area (Å²) in [6.45, 7) is 9.54. The molecule has 1 aliphatic rings. The smallest absolute Gasteiger partial charge is 0.315 e. The highest BCUT2D eigenvalue weighted by Crippen LogP contribution is 2.27. The van der Waals surface area contributed by atoms with E-state index in [1.54, 1.807) is 0 Å². The van der Waals surface area contributed by atoms with Crippen LogP contribution in [0.1, 0.15) is 70.8 Å². The first-order chi connectivity index (χ1) is 13.4. The molecule has 1 heterocycles. The first-order valence-electron chi connectivity index (χ1n) is 10.3. The van der Waals surface area contributed by atoms with Crippen LogP contribution in [0.5, 0.6) is 0 Å². The number of nitrogens with zero attached hydrogens (tertiary/aromatic N) is 1. The lowest BCUT2D eigenvalue weighted by atomic mass is 9.83. The zero-order chi connectivity index (χ0) is 20.5. The van der Waals surface area contributed by atoms with E-state index in [4.69, 9.17) is 9.26 Å². The second-order valence-electron chi connectivity index (χ2n) is 7.62. The Morgan fingerprint density at radius 3 is 2.71 bits per heavy atom. The molecule has 3 atom stereocenters. The molecule has 1 aliphatic carbocycles. The van der Waals surface area contributed by atoms with Crippen molar-refractivity contribution in [2.24, 2.45) is 5.92 Å². The van der Waals surface area contributed by atoms with Gasteiger partial charge >= 0.3 is 6.03 Å². The summed E-state index contributed by atoms with van der Waals surface area (Å²) in [4.78, 5) is 24.5. The van der Waals surface area contributed by atoms with Gasteiger partial charge in [0.25, 0.3) is 0 Å². The van der Waals surface area contributed by atoms with Gasteiger partial charge < -0.3 is 25.2 Å². The molecule has 0 unspecified atom stereocenters. The van der Waals surface area contributed by atoms with Crippen LogP contribution in [0.15, 0.2) is 10.6 Å². The third kappa shape index (κ3) is 6.51. The Morgan fingerprint density at radius 1 is 1.29 bits per heavy atom. The SMILES string of the molecule is CCCO[C@@H]1C[C@@H](C(=O)NCc2cc(C(C)C)on2)CC[C@H]1NC(=O)NCC. The molecule has 3 N–H and O–H groups in total. The third-order valence-electron chi connectivity index (χ3n) is 4.94. The third-order valence-corrected chi connectivity index (χ3v) is 4.94. The van der Waals surface area contributed by atoms with Crippen LogP contribution in [0.25, 0.3) is 0 Å². The summed E-state index contributed by atoms with van der Waals surface area (Å²) in [7, 11) is 0. The van der Waals surface area contributed by atoms with Gasteiger partial charge in [-0.1, -0.05) is 25.9 Å². The molecule has 1 saturated carbocycles. The molecule has 1 aromatic heterocycles. The van der Waals surface area contributed by atoms with E-state index < -0.39 is 0 Å². The van der Waals surface area contributed by atoms with Crippen molar-refractivity contribution in [3.63, 3.8) is 0 Å². The second-order valence-corrected chi connectivity index (χ2v) is 7.62. The Morgan fingerprint density at radius 2 is 2.07 bits per heavy atom. The van der Waals surface area contributed by atoms with Crippen molar-refractivity contribution in [1.82, 2.24) is 21.1 Å². The van der Waals surface area contributed by atoms with Gasteiger partial charge in [0.2, 0.25) is 5.91 Å². The molecule has 28 heavy (non-hydrogen) atoms. The molecule has 8 nitrogen and oxygen atoms in total. The fourth-order valence-corrected chi connectivity index (χ4v) is 3.37. The average Bonchev–Trinajstić information content (AvgIpc) is 3.15. The Hall–Kier alpha value is -2.09. The molecule has 1 fully saturated rings. The van der Waals surface area contributed by atoms with Gasteiger partial charge in [-0.25, -0.2) is 4.79 Å². The van der Waals surface area contributed by atoms with Crippen LogP contribution in [0.3, 0.4) is 0 Å². The van der Waals surface area contributed by atoms with Gasteiger partial charge in [-0.3, -0.25) is 4.79 Å². The molecule has 2 rings (SSSR count). The largest absolute Gasteiger partial charge is 0.376 e. The van der Waals surface area contributed by atoms with Gasteiger partial charge in [0.05, 0.1) is 18.7 Å². The number of aromatic nitrogens is 1. The number of hydrogen-bond donors (Lipinski definition) is 3. The van der Waals surface area contributed by atoms with Crippen molar-refractivity contribution in [2.45, 2.75) is 78.0 Å². The molecule has 0 saturated heterocycles. The lowest BCUT2D eigenvalue weighted by Crippen LogP contribution is -2.52. The fraction of sp³-hybridized carbons (Fsp3) is 0.750. The van der Waals surface area contributed by atoms with Crippen LogP contribution in [0, 0.1) is 5.92 Å². The van der Waals surface area contributed by atoms with Crippen molar-refractivity contribution >= 4 is 11.9 Å². The number of ether oxygens (including phenoxy) is 1. The van der Waals surface area contributed by atoms with Crippen LogP contribution < -0.4 is 16.0 Å². The van der Waals surface area contributed by atoms with Gasteiger partial charge in [0.1, 0.15) is 11.5 Å². The van der Waals surface area contributed by atoms with E-state index in [1.165, 1.54) is 0 Å². The Labute approximate surface area is 167 Å². The zero-order valence-electron chi connectivity index (χ0n) is 17.4. The van der Waals surface area contributed by atoms with Crippen LogP contribution in [0.2, 0.25) is 0 Å². The topological polar surface area (TPSA) is 105 Å². The first kappa shape index (κ1) is 22.2. The van der Waals surface area contributed by atoms with Gasteiger partial charge in [-0.05, 0) is 32.6 Å². The minimum absolute atomic E-state index is 0.00402. The summed E-state index contributed by atoms with van der Waals surface area (Å²) in [5.74, 6) is 0.941. The summed E-state index contributed by atoms with van der Waals surface area (Å²) in [6.07, 6.45) is 2.76. The van der Waals surface area contributed by atoms with E-state index in [1.807, 2.05) is 33.8 Å². The maximum absolute atomic E-state index is 12.6. The number of hydrogen-bond acceptors (Lipinski definition) is 5. The van der Waals surface area contributed by atoms with E-state index in [-0.39, 0.29) is 35.9 Å². The number of carbonyl (C=O) groups excluding carboxylic acids is 2. The van der Waals surface area contributed by atoms with Crippen molar-refractivity contribution in [1.29, 1.82) is 0 Å². The van der Waals surface area contributed by atoms with Crippen molar-refractivity contribution < 1.29 is 18.8 Å². The van der Waals surface area contributed by atoms with Gasteiger partial charge in [0, 0.05) is 31.1 Å². The maximum atomic E-state index is 12.6. The Bertz CT molecular complexity index is 631. The monoisotopic (exact) mass is 394 g/mol. The molecule has 0 spiro atoms. The highest BCUT2D eigenvalue weighted by molar-refractivity contribution is 5.79. The molecule has 0 bridgehead atoms. The van der Waals surface area contributed by atoms with E-state index in [0.29, 0.717) is 39.0 Å². The molecule has 0 aliphatic heterocycles. The predicted octanol–water partition coefficient (Wildman–Crippen LogP) is 2.70.